The summed E-state index contributed by atoms with van der Waals surface area (Å²) >= 11 is 0. The van der Waals surface area contributed by atoms with Gasteiger partial charge in [-0.2, -0.15) is 0 Å². The molecule has 0 spiro atoms. The van der Waals surface area contributed by atoms with Crippen LogP contribution in [-0.4, -0.2) is 49.2 Å². The summed E-state index contributed by atoms with van der Waals surface area (Å²) in [4.78, 5) is 34.0. The highest BCUT2D eigenvalue weighted by molar-refractivity contribution is 6.02. The Hall–Kier alpha value is -1.63. The number of carboxylic acid groups (broad SMARTS) is 1. The van der Waals surface area contributed by atoms with Gasteiger partial charge in [0.2, 0.25) is 11.8 Å². The second-order valence-electron chi connectivity index (χ2n) is 4.41. The Balaban J connectivity index is 4.31. The second-order valence-corrected chi connectivity index (χ2v) is 4.41. The molecule has 18 heavy (non-hydrogen) atoms. The van der Waals surface area contributed by atoms with Crippen LogP contribution in [0, 0.1) is 5.41 Å². The van der Waals surface area contributed by atoms with E-state index in [4.69, 9.17) is 9.84 Å². The largest absolute Gasteiger partial charge is 0.480 e. The van der Waals surface area contributed by atoms with Gasteiger partial charge in [0.1, 0.15) is 11.5 Å². The lowest BCUT2D eigenvalue weighted by Gasteiger charge is -2.21. The van der Waals surface area contributed by atoms with E-state index in [0.29, 0.717) is 13.2 Å². The molecule has 1 atom stereocenters. The van der Waals surface area contributed by atoms with Crippen molar-refractivity contribution in [2.24, 2.45) is 5.41 Å². The van der Waals surface area contributed by atoms with Crippen molar-refractivity contribution in [3.8, 4) is 0 Å². The lowest BCUT2D eigenvalue weighted by Crippen LogP contribution is -2.51. The Morgan fingerprint density at radius 1 is 1.33 bits per heavy atom. The van der Waals surface area contributed by atoms with Crippen LogP contribution in [0.2, 0.25) is 0 Å². The average molecular weight is 260 g/mol. The maximum atomic E-state index is 11.7. The van der Waals surface area contributed by atoms with Crippen LogP contribution in [0.15, 0.2) is 0 Å². The van der Waals surface area contributed by atoms with Crippen LogP contribution in [-0.2, 0) is 19.1 Å². The monoisotopic (exact) mass is 260 g/mol. The number of hydrogen-bond donors (Lipinski definition) is 3. The standard InChI is InChI=1S/C11H20N2O5/c1-7(8(14)12-5-6-18-4)13-9(15)11(2,3)10(16)17/h7H,5-6H2,1-4H3,(H,12,14)(H,13,15)(H,16,17). The number of rotatable bonds is 7. The van der Waals surface area contributed by atoms with Crippen LogP contribution < -0.4 is 10.6 Å². The highest BCUT2D eigenvalue weighted by Gasteiger charge is 2.37. The third-order valence-electron chi connectivity index (χ3n) is 2.45. The molecule has 7 nitrogen and oxygen atoms in total. The molecule has 104 valence electrons. The average Bonchev–Trinajstić information content (AvgIpc) is 2.28. The molecule has 0 aliphatic carbocycles. The van der Waals surface area contributed by atoms with Gasteiger partial charge >= 0.3 is 5.97 Å². The predicted octanol–water partition coefficient (Wildman–Crippen LogP) is -0.635. The summed E-state index contributed by atoms with van der Waals surface area (Å²) in [5, 5.41) is 13.8. The molecule has 2 amide bonds. The Labute approximate surface area is 106 Å². The number of carbonyl (C=O) groups excluding carboxylic acids is 2. The van der Waals surface area contributed by atoms with Gasteiger partial charge in [-0.3, -0.25) is 14.4 Å². The van der Waals surface area contributed by atoms with Gasteiger partial charge in [-0.05, 0) is 20.8 Å². The molecule has 1 unspecified atom stereocenters. The van der Waals surface area contributed by atoms with E-state index in [9.17, 15) is 14.4 Å². The first-order chi connectivity index (χ1) is 8.23. The molecule has 0 saturated carbocycles. The highest BCUT2D eigenvalue weighted by atomic mass is 16.5. The van der Waals surface area contributed by atoms with E-state index in [1.54, 1.807) is 0 Å². The zero-order chi connectivity index (χ0) is 14.3. The fourth-order valence-corrected chi connectivity index (χ4v) is 0.969. The molecule has 0 aliphatic heterocycles. The Morgan fingerprint density at radius 2 is 1.89 bits per heavy atom. The number of ether oxygens (including phenoxy) is 1. The quantitative estimate of drug-likeness (QED) is 0.417. The minimum atomic E-state index is -1.57. The van der Waals surface area contributed by atoms with Crippen molar-refractivity contribution in [3.05, 3.63) is 0 Å². The van der Waals surface area contributed by atoms with E-state index in [2.05, 4.69) is 10.6 Å². The number of nitrogens with one attached hydrogen (secondary N) is 2. The first-order valence-corrected chi connectivity index (χ1v) is 5.54. The lowest BCUT2D eigenvalue weighted by molar-refractivity contribution is -0.154. The smallest absolute Gasteiger partial charge is 0.318 e. The first-order valence-electron chi connectivity index (χ1n) is 5.54. The number of hydrogen-bond acceptors (Lipinski definition) is 4. The molecule has 0 aromatic heterocycles. The third-order valence-corrected chi connectivity index (χ3v) is 2.45. The predicted molar refractivity (Wildman–Crippen MR) is 63.9 cm³/mol. The van der Waals surface area contributed by atoms with E-state index >= 15 is 0 Å². The number of carboxylic acids is 1. The summed E-state index contributed by atoms with van der Waals surface area (Å²) in [5.74, 6) is -2.34. The van der Waals surface area contributed by atoms with Gasteiger partial charge in [0.15, 0.2) is 0 Å². The molecule has 0 aromatic carbocycles. The maximum absolute atomic E-state index is 11.7. The molecule has 0 heterocycles. The second kappa shape index (κ2) is 6.95. The zero-order valence-corrected chi connectivity index (χ0v) is 11.1. The third kappa shape index (κ3) is 4.70. The lowest BCUT2D eigenvalue weighted by atomic mass is 9.92. The normalized spacial score (nSPS) is 12.7. The molecule has 0 bridgehead atoms. The summed E-state index contributed by atoms with van der Waals surface area (Å²) in [6.45, 7) is 4.74. The van der Waals surface area contributed by atoms with Gasteiger partial charge in [-0.15, -0.1) is 0 Å². The molecule has 0 aromatic rings. The molecular weight excluding hydrogens is 240 g/mol. The summed E-state index contributed by atoms with van der Waals surface area (Å²) in [5.41, 5.74) is -1.57. The van der Waals surface area contributed by atoms with E-state index in [1.165, 1.54) is 27.9 Å². The summed E-state index contributed by atoms with van der Waals surface area (Å²) in [6, 6.07) is -0.798. The molecule has 0 aliphatic rings. The van der Waals surface area contributed by atoms with E-state index in [-0.39, 0.29) is 5.91 Å². The van der Waals surface area contributed by atoms with Gasteiger partial charge in [0.25, 0.3) is 0 Å². The fourth-order valence-electron chi connectivity index (χ4n) is 0.969. The van der Waals surface area contributed by atoms with Crippen molar-refractivity contribution in [3.63, 3.8) is 0 Å². The van der Waals surface area contributed by atoms with Gasteiger partial charge in [0, 0.05) is 13.7 Å². The fraction of sp³-hybridized carbons (Fsp3) is 0.727. The van der Waals surface area contributed by atoms with Gasteiger partial charge in [-0.25, -0.2) is 0 Å². The molecule has 0 saturated heterocycles. The Kier molecular flexibility index (Phi) is 6.32. The van der Waals surface area contributed by atoms with Crippen molar-refractivity contribution in [1.82, 2.24) is 10.6 Å². The minimum Gasteiger partial charge on any atom is -0.480 e. The van der Waals surface area contributed by atoms with Crippen LogP contribution >= 0.6 is 0 Å². The van der Waals surface area contributed by atoms with Crippen molar-refractivity contribution in [1.29, 1.82) is 0 Å². The molecular formula is C11H20N2O5. The van der Waals surface area contributed by atoms with E-state index < -0.39 is 23.3 Å². The minimum absolute atomic E-state index is 0.331. The maximum Gasteiger partial charge on any atom is 0.318 e. The van der Waals surface area contributed by atoms with Gasteiger partial charge in [0.05, 0.1) is 6.61 Å². The van der Waals surface area contributed by atoms with Crippen molar-refractivity contribution < 1.29 is 24.2 Å². The molecule has 3 N–H and O–H groups in total. The summed E-state index contributed by atoms with van der Waals surface area (Å²) in [7, 11) is 1.51. The van der Waals surface area contributed by atoms with Crippen LogP contribution in [0.3, 0.4) is 0 Å². The van der Waals surface area contributed by atoms with Gasteiger partial charge < -0.3 is 20.5 Å². The Bertz CT molecular complexity index is 327. The van der Waals surface area contributed by atoms with Crippen LogP contribution in [0.4, 0.5) is 0 Å². The number of carbonyl (C=O) groups is 3. The van der Waals surface area contributed by atoms with Crippen LogP contribution in [0.5, 0.6) is 0 Å². The summed E-state index contributed by atoms with van der Waals surface area (Å²) < 4.78 is 4.76. The first kappa shape index (κ1) is 16.4. The Morgan fingerprint density at radius 3 is 2.33 bits per heavy atom. The van der Waals surface area contributed by atoms with Crippen molar-refractivity contribution in [2.75, 3.05) is 20.3 Å². The molecule has 0 fully saturated rings. The number of methoxy groups -OCH3 is 1. The zero-order valence-electron chi connectivity index (χ0n) is 11.1. The van der Waals surface area contributed by atoms with Crippen molar-refractivity contribution >= 4 is 17.8 Å². The molecule has 7 heteroatoms. The van der Waals surface area contributed by atoms with E-state index in [1.807, 2.05) is 0 Å². The van der Waals surface area contributed by atoms with E-state index in [0.717, 1.165) is 0 Å². The van der Waals surface area contributed by atoms with Crippen molar-refractivity contribution in [2.45, 2.75) is 26.8 Å². The molecule has 0 radical (unpaired) electrons. The van der Waals surface area contributed by atoms with Crippen LogP contribution in [0.1, 0.15) is 20.8 Å². The highest BCUT2D eigenvalue weighted by Crippen LogP contribution is 2.15. The SMILES string of the molecule is COCCNC(=O)C(C)NC(=O)C(C)(C)C(=O)O. The topological polar surface area (TPSA) is 105 Å². The number of aliphatic carboxylic acids is 1. The molecule has 0 rings (SSSR count). The van der Waals surface area contributed by atoms with Gasteiger partial charge in [-0.1, -0.05) is 0 Å². The summed E-state index contributed by atoms with van der Waals surface area (Å²) in [6.07, 6.45) is 0. The van der Waals surface area contributed by atoms with Crippen LogP contribution in [0.25, 0.3) is 0 Å². The number of amides is 2.